The molecule has 0 aliphatic heterocycles. The lowest BCUT2D eigenvalue weighted by Crippen LogP contribution is -2.40. The van der Waals surface area contributed by atoms with Crippen LogP contribution in [0, 0.1) is 0 Å². The Morgan fingerprint density at radius 2 is 0.722 bits per heavy atom. The first-order valence-corrected chi connectivity index (χ1v) is 32.4. The SMILES string of the molecule is CC/C=C\C/C=C\C/C=C\C/C=C\C/C=C\C/C=C\C/C=C\C/C=C\CCCCCCCCCCCCCCCCC(=O)OC(COC(=O)CCCCCCCCCCCCCCCCC)COC(OCC[N+](C)(C)C)C(=O)O. The van der Waals surface area contributed by atoms with E-state index in [4.69, 9.17) is 18.9 Å². The maximum Gasteiger partial charge on any atom is 0.361 e. The third-order valence-corrected chi connectivity index (χ3v) is 13.9. The van der Waals surface area contributed by atoms with Crippen molar-refractivity contribution in [1.82, 2.24) is 0 Å². The van der Waals surface area contributed by atoms with Gasteiger partial charge in [-0.25, -0.2) is 4.79 Å². The minimum absolute atomic E-state index is 0.181. The Balaban J connectivity index is 4.07. The van der Waals surface area contributed by atoms with Crippen LogP contribution in [0.2, 0.25) is 0 Å². The molecule has 79 heavy (non-hydrogen) atoms. The van der Waals surface area contributed by atoms with E-state index in [0.717, 1.165) is 89.9 Å². The average molecular weight is 1110 g/mol. The molecule has 0 amide bonds. The largest absolute Gasteiger partial charge is 0.477 e. The second kappa shape index (κ2) is 60.3. The summed E-state index contributed by atoms with van der Waals surface area (Å²) in [6, 6.07) is 0. The van der Waals surface area contributed by atoms with Crippen molar-refractivity contribution in [3.63, 3.8) is 0 Å². The highest BCUT2D eigenvalue weighted by Crippen LogP contribution is 2.17. The molecule has 0 bridgehead atoms. The van der Waals surface area contributed by atoms with Gasteiger partial charge in [-0.05, 0) is 77.0 Å². The Bertz CT molecular complexity index is 1620. The molecule has 1 N–H and O–H groups in total. The Hall–Kier alpha value is -3.79. The number of hydrogen-bond donors (Lipinski definition) is 1. The summed E-state index contributed by atoms with van der Waals surface area (Å²) < 4.78 is 22.9. The molecule has 0 saturated carbocycles. The number of carboxylic acid groups (broad SMARTS) is 1. The van der Waals surface area contributed by atoms with Crippen LogP contribution in [0.1, 0.15) is 271 Å². The van der Waals surface area contributed by atoms with E-state index in [-0.39, 0.29) is 32.2 Å². The van der Waals surface area contributed by atoms with Crippen molar-refractivity contribution in [2.45, 2.75) is 283 Å². The standard InChI is InChI=1S/C70H121NO8/c1-6-8-10-12-14-16-18-20-22-23-24-25-26-27-28-29-30-31-32-33-34-35-36-37-38-39-40-41-42-43-44-45-47-49-51-53-55-57-59-61-68(73)79-66(65-78-70(69(74)75)76-63-62-71(3,4)5)64-77-67(72)60-58-56-54-52-50-48-46-21-19-17-15-13-11-9-7-2/h8,10,14,16,20,22,24-25,27-28,30-31,33-34,36-37,66,70H,6-7,9,11-13,15,17-19,21,23,26,29,32,35,38-65H2,1-5H3/p+1/b10-8-,16-14-,22-20-,25-24-,28-27-,31-30-,34-33-,37-36-. The molecule has 0 aromatic heterocycles. The van der Waals surface area contributed by atoms with Crippen molar-refractivity contribution in [2.24, 2.45) is 0 Å². The van der Waals surface area contributed by atoms with Gasteiger partial charge < -0.3 is 28.5 Å². The molecule has 2 atom stereocenters. The lowest BCUT2D eigenvalue weighted by molar-refractivity contribution is -0.870. The van der Waals surface area contributed by atoms with Crippen molar-refractivity contribution in [3.8, 4) is 0 Å². The summed E-state index contributed by atoms with van der Waals surface area (Å²) in [7, 11) is 5.97. The molecule has 0 radical (unpaired) electrons. The van der Waals surface area contributed by atoms with Crippen LogP contribution in [0.25, 0.3) is 0 Å². The number of likely N-dealkylation sites (N-methyl/N-ethyl adjacent to an activating group) is 1. The number of unbranched alkanes of at least 4 members (excludes halogenated alkanes) is 28. The minimum atomic E-state index is -1.51. The quantitative estimate of drug-likeness (QED) is 0.0211. The Kier molecular flexibility index (Phi) is 57.4. The zero-order valence-electron chi connectivity index (χ0n) is 51.8. The van der Waals surface area contributed by atoms with Gasteiger partial charge in [0.1, 0.15) is 13.2 Å². The first-order valence-electron chi connectivity index (χ1n) is 32.4. The van der Waals surface area contributed by atoms with E-state index in [1.807, 2.05) is 21.1 Å². The number of carbonyl (C=O) groups excluding carboxylic acids is 2. The highest BCUT2D eigenvalue weighted by Gasteiger charge is 2.25. The fourth-order valence-electron chi connectivity index (χ4n) is 8.91. The number of rotatable bonds is 59. The highest BCUT2D eigenvalue weighted by molar-refractivity contribution is 5.71. The fourth-order valence-corrected chi connectivity index (χ4v) is 8.91. The number of ether oxygens (including phenoxy) is 4. The minimum Gasteiger partial charge on any atom is -0.477 e. The molecular weight excluding hydrogens is 983 g/mol. The smallest absolute Gasteiger partial charge is 0.361 e. The maximum atomic E-state index is 12.9. The van der Waals surface area contributed by atoms with Gasteiger partial charge in [-0.2, -0.15) is 0 Å². The van der Waals surface area contributed by atoms with Gasteiger partial charge in [-0.3, -0.25) is 9.59 Å². The van der Waals surface area contributed by atoms with Gasteiger partial charge in [0, 0.05) is 12.8 Å². The summed E-state index contributed by atoms with van der Waals surface area (Å²) in [6.07, 6.45) is 79.3. The summed E-state index contributed by atoms with van der Waals surface area (Å²) >= 11 is 0. The maximum absolute atomic E-state index is 12.9. The van der Waals surface area contributed by atoms with Crippen LogP contribution in [-0.4, -0.2) is 87.4 Å². The monoisotopic (exact) mass is 1100 g/mol. The number of hydrogen-bond acceptors (Lipinski definition) is 7. The molecule has 0 rings (SSSR count). The van der Waals surface area contributed by atoms with E-state index in [0.29, 0.717) is 17.4 Å². The summed E-state index contributed by atoms with van der Waals surface area (Å²) in [5, 5.41) is 9.71. The van der Waals surface area contributed by atoms with Crippen LogP contribution in [0.15, 0.2) is 97.2 Å². The topological polar surface area (TPSA) is 108 Å². The number of carbonyl (C=O) groups is 3. The summed E-state index contributed by atoms with van der Waals surface area (Å²) in [5.41, 5.74) is 0. The summed E-state index contributed by atoms with van der Waals surface area (Å²) in [5.74, 6) is -2.00. The molecule has 454 valence electrons. The number of carboxylic acids is 1. The molecule has 0 fully saturated rings. The van der Waals surface area contributed by atoms with E-state index in [1.165, 1.54) is 154 Å². The first-order chi connectivity index (χ1) is 38.6. The van der Waals surface area contributed by atoms with Crippen molar-refractivity contribution < 1.29 is 42.9 Å². The number of allylic oxidation sites excluding steroid dienone is 16. The lowest BCUT2D eigenvalue weighted by Gasteiger charge is -2.25. The van der Waals surface area contributed by atoms with Crippen LogP contribution >= 0.6 is 0 Å². The molecule has 0 aromatic carbocycles. The summed E-state index contributed by atoms with van der Waals surface area (Å²) in [6.45, 7) is 4.78. The second-order valence-electron chi connectivity index (χ2n) is 22.7. The van der Waals surface area contributed by atoms with Gasteiger partial charge in [-0.15, -0.1) is 0 Å². The first kappa shape index (κ1) is 75.2. The molecule has 0 aromatic rings. The van der Waals surface area contributed by atoms with E-state index < -0.39 is 24.3 Å². The van der Waals surface area contributed by atoms with Gasteiger partial charge in [0.2, 0.25) is 0 Å². The van der Waals surface area contributed by atoms with Gasteiger partial charge in [-0.1, -0.05) is 278 Å². The normalized spacial score (nSPS) is 13.4. The Morgan fingerprint density at radius 3 is 1.08 bits per heavy atom. The fraction of sp³-hybridized carbons (Fsp3) is 0.729. The zero-order valence-corrected chi connectivity index (χ0v) is 51.8. The van der Waals surface area contributed by atoms with Gasteiger partial charge in [0.05, 0.1) is 34.4 Å². The lowest BCUT2D eigenvalue weighted by atomic mass is 10.0. The van der Waals surface area contributed by atoms with Crippen LogP contribution in [0.5, 0.6) is 0 Å². The van der Waals surface area contributed by atoms with E-state index in [2.05, 4.69) is 111 Å². The Labute approximate surface area is 486 Å². The van der Waals surface area contributed by atoms with Gasteiger partial charge >= 0.3 is 17.9 Å². The predicted molar refractivity (Wildman–Crippen MR) is 336 cm³/mol. The third-order valence-electron chi connectivity index (χ3n) is 13.9. The number of quaternary nitrogens is 1. The molecule has 0 aliphatic rings. The third kappa shape index (κ3) is 61.7. The van der Waals surface area contributed by atoms with Crippen LogP contribution < -0.4 is 0 Å². The molecule has 0 spiro atoms. The van der Waals surface area contributed by atoms with Crippen molar-refractivity contribution in [1.29, 1.82) is 0 Å². The van der Waals surface area contributed by atoms with Gasteiger partial charge in [0.15, 0.2) is 6.10 Å². The molecule has 9 heteroatoms. The highest BCUT2D eigenvalue weighted by atomic mass is 16.7. The van der Waals surface area contributed by atoms with Crippen LogP contribution in [0.3, 0.4) is 0 Å². The molecule has 0 saturated heterocycles. The van der Waals surface area contributed by atoms with Gasteiger partial charge in [0.25, 0.3) is 6.29 Å². The van der Waals surface area contributed by atoms with Crippen LogP contribution in [0.4, 0.5) is 0 Å². The van der Waals surface area contributed by atoms with Crippen LogP contribution in [-0.2, 0) is 33.3 Å². The second-order valence-corrected chi connectivity index (χ2v) is 22.7. The van der Waals surface area contributed by atoms with E-state index >= 15 is 0 Å². The molecule has 0 heterocycles. The van der Waals surface area contributed by atoms with E-state index in [1.54, 1.807) is 0 Å². The predicted octanol–water partition coefficient (Wildman–Crippen LogP) is 19.7. The van der Waals surface area contributed by atoms with Crippen molar-refractivity contribution >= 4 is 17.9 Å². The van der Waals surface area contributed by atoms with E-state index in [9.17, 15) is 19.5 Å². The molecule has 2 unspecified atom stereocenters. The van der Waals surface area contributed by atoms with Crippen molar-refractivity contribution in [2.75, 3.05) is 47.5 Å². The zero-order chi connectivity index (χ0) is 57.6. The van der Waals surface area contributed by atoms with Crippen molar-refractivity contribution in [3.05, 3.63) is 97.2 Å². The molecular formula is C70H122NO8+. The average Bonchev–Trinajstić information content (AvgIpc) is 3.42. The number of esters is 2. The number of aliphatic carboxylic acids is 1. The molecule has 9 nitrogen and oxygen atoms in total. The molecule has 0 aliphatic carbocycles. The Morgan fingerprint density at radius 1 is 0.392 bits per heavy atom. The summed E-state index contributed by atoms with van der Waals surface area (Å²) in [4.78, 5) is 37.5. The number of nitrogens with zero attached hydrogens (tertiary/aromatic N) is 1.